The number of nitrogens with one attached hydrogen (secondary N) is 1. The molecule has 1 saturated heterocycles. The average molecular weight is 497 g/mol. The Hall–Kier alpha value is -4.52. The molecule has 2 N–H and O–H groups in total. The normalized spacial score (nSPS) is 16.9. The molecule has 0 bridgehead atoms. The molecule has 1 aromatic heterocycles. The summed E-state index contributed by atoms with van der Waals surface area (Å²) in [5.41, 5.74) is 3.26. The van der Waals surface area contributed by atoms with E-state index in [0.29, 0.717) is 24.3 Å². The van der Waals surface area contributed by atoms with Crippen molar-refractivity contribution in [3.05, 3.63) is 101 Å². The number of benzene rings is 3. The number of ketones is 1. The molecule has 188 valence electrons. The standard InChI is InChI=1S/C30H28N2O5/c1-3-37-22-11-9-19(10-12-22)27-26(28(33)20-7-5-4-6-8-20)29(34)30(35)32(27)16-15-21-18-31-25-14-13-23(36-2)17-24(21)25/h4-14,17-18,27,31,33H,3,15-16H2,1-2H3/t27-/m0/s1. The summed E-state index contributed by atoms with van der Waals surface area (Å²) >= 11 is 0. The van der Waals surface area contributed by atoms with E-state index >= 15 is 0 Å². The van der Waals surface area contributed by atoms with Crippen LogP contribution in [0.5, 0.6) is 11.5 Å². The number of hydrogen-bond acceptors (Lipinski definition) is 5. The number of rotatable bonds is 8. The van der Waals surface area contributed by atoms with Crippen LogP contribution in [0.25, 0.3) is 16.7 Å². The molecule has 0 radical (unpaired) electrons. The SMILES string of the molecule is CCOc1ccc([C@H]2C(=C(O)c3ccccc3)C(=O)C(=O)N2CCc2c[nH]c3ccc(OC)cc23)cc1. The highest BCUT2D eigenvalue weighted by atomic mass is 16.5. The molecule has 4 aromatic rings. The summed E-state index contributed by atoms with van der Waals surface area (Å²) in [6.07, 6.45) is 2.43. The quantitative estimate of drug-likeness (QED) is 0.198. The summed E-state index contributed by atoms with van der Waals surface area (Å²) in [5.74, 6) is -0.0724. The smallest absolute Gasteiger partial charge is 0.295 e. The van der Waals surface area contributed by atoms with Crippen LogP contribution in [0.4, 0.5) is 0 Å². The zero-order chi connectivity index (χ0) is 25.9. The van der Waals surface area contributed by atoms with Gasteiger partial charge in [0.05, 0.1) is 25.3 Å². The minimum atomic E-state index is -0.726. The van der Waals surface area contributed by atoms with Gasteiger partial charge in [-0.15, -0.1) is 0 Å². The second-order valence-corrected chi connectivity index (χ2v) is 8.84. The van der Waals surface area contributed by atoms with E-state index < -0.39 is 17.7 Å². The zero-order valence-corrected chi connectivity index (χ0v) is 20.7. The third kappa shape index (κ3) is 4.56. The number of methoxy groups -OCH3 is 1. The first-order chi connectivity index (χ1) is 18.0. The predicted molar refractivity (Wildman–Crippen MR) is 142 cm³/mol. The molecule has 0 unspecified atom stereocenters. The Morgan fingerprint density at radius 3 is 2.43 bits per heavy atom. The Morgan fingerprint density at radius 1 is 1.00 bits per heavy atom. The molecule has 37 heavy (non-hydrogen) atoms. The predicted octanol–water partition coefficient (Wildman–Crippen LogP) is 5.24. The fourth-order valence-electron chi connectivity index (χ4n) is 4.85. The van der Waals surface area contributed by atoms with Crippen molar-refractivity contribution >= 4 is 28.4 Å². The third-order valence-electron chi connectivity index (χ3n) is 6.69. The largest absolute Gasteiger partial charge is 0.507 e. The molecule has 5 rings (SSSR count). The highest BCUT2D eigenvalue weighted by Crippen LogP contribution is 2.40. The van der Waals surface area contributed by atoms with Crippen LogP contribution in [0.3, 0.4) is 0 Å². The molecule has 2 heterocycles. The van der Waals surface area contributed by atoms with Gasteiger partial charge in [-0.25, -0.2) is 0 Å². The van der Waals surface area contributed by atoms with Crippen molar-refractivity contribution in [3.63, 3.8) is 0 Å². The highest BCUT2D eigenvalue weighted by molar-refractivity contribution is 6.46. The van der Waals surface area contributed by atoms with E-state index in [2.05, 4.69) is 4.98 Å². The number of Topliss-reactive ketones (excluding diaryl/α,β-unsaturated/α-hetero) is 1. The summed E-state index contributed by atoms with van der Waals surface area (Å²) in [7, 11) is 1.62. The fourth-order valence-corrected chi connectivity index (χ4v) is 4.85. The Kier molecular flexibility index (Phi) is 6.68. The molecule has 1 amide bonds. The Morgan fingerprint density at radius 2 is 1.73 bits per heavy atom. The molecule has 7 nitrogen and oxygen atoms in total. The van der Waals surface area contributed by atoms with Gasteiger partial charge in [0, 0.05) is 29.2 Å². The van der Waals surface area contributed by atoms with Crippen molar-refractivity contribution in [2.45, 2.75) is 19.4 Å². The van der Waals surface area contributed by atoms with E-state index in [9.17, 15) is 14.7 Å². The average Bonchev–Trinajstić information content (AvgIpc) is 3.45. The number of aromatic amines is 1. The summed E-state index contributed by atoms with van der Waals surface area (Å²) in [6.45, 7) is 2.72. The summed E-state index contributed by atoms with van der Waals surface area (Å²) < 4.78 is 10.9. The van der Waals surface area contributed by atoms with Gasteiger partial charge < -0.3 is 24.5 Å². The lowest BCUT2D eigenvalue weighted by molar-refractivity contribution is -0.139. The van der Waals surface area contributed by atoms with E-state index in [-0.39, 0.29) is 17.9 Å². The number of ether oxygens (including phenoxy) is 2. The monoisotopic (exact) mass is 496 g/mol. The Bertz CT molecular complexity index is 1470. The minimum absolute atomic E-state index is 0.0842. The van der Waals surface area contributed by atoms with Crippen LogP contribution in [0.2, 0.25) is 0 Å². The maximum atomic E-state index is 13.3. The van der Waals surface area contributed by atoms with Gasteiger partial charge in [0.25, 0.3) is 11.7 Å². The van der Waals surface area contributed by atoms with Gasteiger partial charge in [0.1, 0.15) is 17.3 Å². The lowest BCUT2D eigenvalue weighted by Crippen LogP contribution is -2.31. The van der Waals surface area contributed by atoms with E-state index in [1.165, 1.54) is 0 Å². The molecular formula is C30H28N2O5. The van der Waals surface area contributed by atoms with E-state index in [1.807, 2.05) is 61.7 Å². The van der Waals surface area contributed by atoms with Crippen molar-refractivity contribution in [1.29, 1.82) is 0 Å². The number of nitrogens with zero attached hydrogens (tertiary/aromatic N) is 1. The van der Waals surface area contributed by atoms with Crippen molar-refractivity contribution in [2.24, 2.45) is 0 Å². The van der Waals surface area contributed by atoms with Gasteiger partial charge in [-0.05, 0) is 54.8 Å². The molecule has 1 fully saturated rings. The van der Waals surface area contributed by atoms with Crippen molar-refractivity contribution in [3.8, 4) is 11.5 Å². The lowest BCUT2D eigenvalue weighted by Gasteiger charge is -2.25. The number of amides is 1. The van der Waals surface area contributed by atoms with Crippen molar-refractivity contribution in [2.75, 3.05) is 20.3 Å². The molecule has 1 atom stereocenters. The summed E-state index contributed by atoms with van der Waals surface area (Å²) in [5, 5.41) is 12.2. The maximum Gasteiger partial charge on any atom is 0.295 e. The number of fused-ring (bicyclic) bond motifs is 1. The van der Waals surface area contributed by atoms with Gasteiger partial charge in [0.15, 0.2) is 0 Å². The number of aliphatic hydroxyl groups is 1. The van der Waals surface area contributed by atoms with Gasteiger partial charge in [0.2, 0.25) is 0 Å². The zero-order valence-electron chi connectivity index (χ0n) is 20.7. The van der Waals surface area contributed by atoms with E-state index in [4.69, 9.17) is 9.47 Å². The first kappa shape index (κ1) is 24.2. The van der Waals surface area contributed by atoms with Gasteiger partial charge in [-0.1, -0.05) is 42.5 Å². The van der Waals surface area contributed by atoms with Crippen molar-refractivity contribution < 1.29 is 24.2 Å². The van der Waals surface area contributed by atoms with Gasteiger partial charge in [-0.2, -0.15) is 0 Å². The number of carbonyl (C=O) groups is 2. The van der Waals surface area contributed by atoms with Crippen LogP contribution in [0, 0.1) is 0 Å². The van der Waals surface area contributed by atoms with Crippen LogP contribution < -0.4 is 9.47 Å². The highest BCUT2D eigenvalue weighted by Gasteiger charge is 2.45. The number of H-pyrrole nitrogens is 1. The Balaban J connectivity index is 1.54. The molecule has 0 saturated carbocycles. The topological polar surface area (TPSA) is 91.9 Å². The number of carbonyl (C=O) groups excluding carboxylic acids is 2. The van der Waals surface area contributed by atoms with Crippen LogP contribution in [-0.4, -0.2) is 46.9 Å². The number of aromatic nitrogens is 1. The molecule has 1 aliphatic heterocycles. The first-order valence-corrected chi connectivity index (χ1v) is 12.2. The lowest BCUT2D eigenvalue weighted by atomic mass is 9.95. The molecular weight excluding hydrogens is 468 g/mol. The van der Waals surface area contributed by atoms with Crippen LogP contribution >= 0.6 is 0 Å². The van der Waals surface area contributed by atoms with E-state index in [1.54, 1.807) is 36.3 Å². The van der Waals surface area contributed by atoms with Crippen LogP contribution in [0.1, 0.15) is 29.7 Å². The van der Waals surface area contributed by atoms with Crippen LogP contribution in [0.15, 0.2) is 84.6 Å². The number of aliphatic hydroxyl groups excluding tert-OH is 1. The van der Waals surface area contributed by atoms with Crippen molar-refractivity contribution in [1.82, 2.24) is 9.88 Å². The molecule has 0 aliphatic carbocycles. The number of hydrogen-bond donors (Lipinski definition) is 2. The molecule has 0 spiro atoms. The second-order valence-electron chi connectivity index (χ2n) is 8.84. The van der Waals surface area contributed by atoms with Gasteiger partial charge in [-0.3, -0.25) is 9.59 Å². The summed E-state index contributed by atoms with van der Waals surface area (Å²) in [6, 6.07) is 21.2. The summed E-state index contributed by atoms with van der Waals surface area (Å²) in [4.78, 5) is 31.4. The molecule has 3 aromatic carbocycles. The second kappa shape index (κ2) is 10.2. The maximum absolute atomic E-state index is 13.3. The van der Waals surface area contributed by atoms with E-state index in [0.717, 1.165) is 27.8 Å². The number of likely N-dealkylation sites (tertiary alicyclic amines) is 1. The minimum Gasteiger partial charge on any atom is -0.507 e. The Labute approximate surface area is 214 Å². The molecule has 7 heteroatoms. The van der Waals surface area contributed by atoms with Gasteiger partial charge >= 0.3 is 0 Å². The fraction of sp³-hybridized carbons (Fsp3) is 0.200. The first-order valence-electron chi connectivity index (χ1n) is 12.2. The third-order valence-corrected chi connectivity index (χ3v) is 6.69. The van der Waals surface area contributed by atoms with Crippen LogP contribution in [-0.2, 0) is 16.0 Å². The molecule has 1 aliphatic rings.